The van der Waals surface area contributed by atoms with Crippen LogP contribution in [0.3, 0.4) is 0 Å². The minimum atomic E-state index is 0.907. The lowest BCUT2D eigenvalue weighted by Gasteiger charge is -2.41. The van der Waals surface area contributed by atoms with Crippen molar-refractivity contribution in [3.05, 3.63) is 12.2 Å². The molecule has 4 aliphatic rings. The van der Waals surface area contributed by atoms with Crippen LogP contribution in [0.15, 0.2) is 12.2 Å². The number of hydrogen-bond acceptors (Lipinski definition) is 0. The summed E-state index contributed by atoms with van der Waals surface area (Å²) in [4.78, 5) is 0. The van der Waals surface area contributed by atoms with Gasteiger partial charge in [0, 0.05) is 0 Å². The standard InChI is InChI=1S/C24H40/c1-2-3-18-4-6-19(7-5-18)20-8-10-21(11-9-20)22-12-14-23(15-13-22)24-16-17-24/h2-3,18-24H,4-17H2,1H3/b3-2+. The van der Waals surface area contributed by atoms with E-state index in [1.165, 1.54) is 31.6 Å². The Balaban J connectivity index is 1.18. The first-order valence-corrected chi connectivity index (χ1v) is 11.5. The van der Waals surface area contributed by atoms with Gasteiger partial charge in [0.25, 0.3) is 0 Å². The fraction of sp³-hybridized carbons (Fsp3) is 0.917. The van der Waals surface area contributed by atoms with Gasteiger partial charge in [0.1, 0.15) is 0 Å². The molecule has 0 saturated heterocycles. The number of allylic oxidation sites excluding steroid dienone is 2. The van der Waals surface area contributed by atoms with Crippen LogP contribution in [0, 0.1) is 41.4 Å². The van der Waals surface area contributed by atoms with Crippen LogP contribution in [0.5, 0.6) is 0 Å². The fourth-order valence-corrected chi connectivity index (χ4v) is 6.82. The molecule has 136 valence electrons. The number of rotatable bonds is 4. The van der Waals surface area contributed by atoms with E-state index in [4.69, 9.17) is 0 Å². The highest BCUT2D eigenvalue weighted by Crippen LogP contribution is 2.49. The van der Waals surface area contributed by atoms with Gasteiger partial charge in [-0.25, -0.2) is 0 Å². The summed E-state index contributed by atoms with van der Waals surface area (Å²) in [6.45, 7) is 2.19. The summed E-state index contributed by atoms with van der Waals surface area (Å²) in [6, 6.07) is 0. The van der Waals surface area contributed by atoms with E-state index in [-0.39, 0.29) is 0 Å². The van der Waals surface area contributed by atoms with Crippen molar-refractivity contribution in [3.8, 4) is 0 Å². The quantitative estimate of drug-likeness (QED) is 0.472. The largest absolute Gasteiger partial charge is 0.0914 e. The highest BCUT2D eigenvalue weighted by molar-refractivity contribution is 4.92. The first-order chi connectivity index (χ1) is 11.8. The lowest BCUT2D eigenvalue weighted by Crippen LogP contribution is -2.29. The summed E-state index contributed by atoms with van der Waals surface area (Å²) in [7, 11) is 0. The lowest BCUT2D eigenvalue weighted by atomic mass is 9.65. The third kappa shape index (κ3) is 4.10. The molecule has 4 fully saturated rings. The van der Waals surface area contributed by atoms with Crippen LogP contribution in [0.2, 0.25) is 0 Å². The zero-order valence-electron chi connectivity index (χ0n) is 16.1. The van der Waals surface area contributed by atoms with Crippen LogP contribution in [0.4, 0.5) is 0 Å². The van der Waals surface area contributed by atoms with E-state index in [1.54, 1.807) is 64.2 Å². The predicted octanol–water partition coefficient (Wildman–Crippen LogP) is 7.39. The van der Waals surface area contributed by atoms with Crippen LogP contribution in [0.1, 0.15) is 96.8 Å². The SMILES string of the molecule is C/C=C/C1CCC(C2CCC(C3CCC(C4CC4)CC3)CC2)CC1. The van der Waals surface area contributed by atoms with Crippen LogP contribution in [-0.2, 0) is 0 Å². The van der Waals surface area contributed by atoms with Crippen molar-refractivity contribution in [2.75, 3.05) is 0 Å². The Hall–Kier alpha value is -0.260. The molecule has 4 aliphatic carbocycles. The first-order valence-electron chi connectivity index (χ1n) is 11.5. The normalized spacial score (nSPS) is 44.7. The van der Waals surface area contributed by atoms with E-state index in [2.05, 4.69) is 19.1 Å². The molecule has 24 heavy (non-hydrogen) atoms. The van der Waals surface area contributed by atoms with Crippen molar-refractivity contribution >= 4 is 0 Å². The topological polar surface area (TPSA) is 0 Å². The summed E-state index contributed by atoms with van der Waals surface area (Å²) in [5.41, 5.74) is 0. The van der Waals surface area contributed by atoms with Crippen molar-refractivity contribution in [2.45, 2.75) is 96.8 Å². The average molecular weight is 329 g/mol. The van der Waals surface area contributed by atoms with Crippen molar-refractivity contribution in [1.29, 1.82) is 0 Å². The lowest BCUT2D eigenvalue weighted by molar-refractivity contribution is 0.105. The Labute approximate surface area is 150 Å². The minimum absolute atomic E-state index is 0.907. The summed E-state index contributed by atoms with van der Waals surface area (Å²) in [5, 5.41) is 0. The maximum absolute atomic E-state index is 2.46. The second kappa shape index (κ2) is 7.96. The molecule has 0 bridgehead atoms. The summed E-state index contributed by atoms with van der Waals surface area (Å²) >= 11 is 0. The van der Waals surface area contributed by atoms with E-state index in [0.29, 0.717) is 0 Å². The Bertz CT molecular complexity index is 394. The zero-order valence-corrected chi connectivity index (χ0v) is 16.1. The predicted molar refractivity (Wildman–Crippen MR) is 104 cm³/mol. The van der Waals surface area contributed by atoms with Gasteiger partial charge in [0.15, 0.2) is 0 Å². The zero-order chi connectivity index (χ0) is 16.4. The molecular formula is C24H40. The molecule has 4 saturated carbocycles. The van der Waals surface area contributed by atoms with Crippen molar-refractivity contribution in [1.82, 2.24) is 0 Å². The van der Waals surface area contributed by atoms with E-state index < -0.39 is 0 Å². The second-order valence-electron chi connectivity index (χ2n) is 9.89. The van der Waals surface area contributed by atoms with Crippen molar-refractivity contribution < 1.29 is 0 Å². The van der Waals surface area contributed by atoms with Crippen LogP contribution in [-0.4, -0.2) is 0 Å². The third-order valence-electron chi connectivity index (χ3n) is 8.54. The molecule has 0 aromatic heterocycles. The molecule has 0 aromatic carbocycles. The van der Waals surface area contributed by atoms with Crippen molar-refractivity contribution in [2.24, 2.45) is 41.4 Å². The molecule has 0 aliphatic heterocycles. The fourth-order valence-electron chi connectivity index (χ4n) is 6.82. The van der Waals surface area contributed by atoms with Gasteiger partial charge in [0.05, 0.1) is 0 Å². The molecule has 0 heteroatoms. The summed E-state index contributed by atoms with van der Waals surface area (Å²) < 4.78 is 0. The highest BCUT2D eigenvalue weighted by Gasteiger charge is 2.37. The van der Waals surface area contributed by atoms with E-state index in [9.17, 15) is 0 Å². The average Bonchev–Trinajstić information content (AvgIpc) is 3.48. The molecule has 0 aromatic rings. The number of hydrogen-bond donors (Lipinski definition) is 0. The summed E-state index contributed by atoms with van der Waals surface area (Å²) in [5.74, 6) is 7.62. The monoisotopic (exact) mass is 328 g/mol. The molecule has 0 spiro atoms. The van der Waals surface area contributed by atoms with E-state index in [0.717, 1.165) is 35.5 Å². The van der Waals surface area contributed by atoms with Gasteiger partial charge < -0.3 is 0 Å². The molecule has 0 radical (unpaired) electrons. The van der Waals surface area contributed by atoms with Crippen LogP contribution >= 0.6 is 0 Å². The molecule has 0 nitrogen and oxygen atoms in total. The maximum Gasteiger partial charge on any atom is -0.0233 e. The molecule has 0 N–H and O–H groups in total. The Morgan fingerprint density at radius 3 is 0.917 bits per heavy atom. The van der Waals surface area contributed by atoms with Crippen molar-refractivity contribution in [3.63, 3.8) is 0 Å². The second-order valence-corrected chi connectivity index (χ2v) is 9.89. The van der Waals surface area contributed by atoms with Gasteiger partial charge in [-0.3, -0.25) is 0 Å². The molecule has 0 amide bonds. The Kier molecular flexibility index (Phi) is 5.70. The van der Waals surface area contributed by atoms with E-state index >= 15 is 0 Å². The minimum Gasteiger partial charge on any atom is -0.0914 e. The van der Waals surface area contributed by atoms with Gasteiger partial charge in [-0.05, 0) is 138 Å². The Morgan fingerprint density at radius 1 is 0.417 bits per heavy atom. The molecule has 4 rings (SSSR count). The molecule has 0 heterocycles. The van der Waals surface area contributed by atoms with Gasteiger partial charge in [-0.2, -0.15) is 0 Å². The third-order valence-corrected chi connectivity index (χ3v) is 8.54. The van der Waals surface area contributed by atoms with Crippen LogP contribution < -0.4 is 0 Å². The van der Waals surface area contributed by atoms with Gasteiger partial charge in [-0.15, -0.1) is 0 Å². The van der Waals surface area contributed by atoms with Gasteiger partial charge in [0.2, 0.25) is 0 Å². The van der Waals surface area contributed by atoms with E-state index in [1.807, 2.05) is 0 Å². The molecular weight excluding hydrogens is 288 g/mol. The van der Waals surface area contributed by atoms with Gasteiger partial charge in [-0.1, -0.05) is 12.2 Å². The first kappa shape index (κ1) is 17.2. The highest BCUT2D eigenvalue weighted by atomic mass is 14.4. The van der Waals surface area contributed by atoms with Gasteiger partial charge >= 0.3 is 0 Å². The Morgan fingerprint density at radius 2 is 0.667 bits per heavy atom. The maximum atomic E-state index is 2.46. The van der Waals surface area contributed by atoms with Crippen LogP contribution in [0.25, 0.3) is 0 Å². The smallest absolute Gasteiger partial charge is 0.0233 e. The summed E-state index contributed by atoms with van der Waals surface area (Å²) in [6.07, 6.45) is 26.5. The molecule has 0 unspecified atom stereocenters. The molecule has 0 atom stereocenters.